The third-order valence-corrected chi connectivity index (χ3v) is 5.55. The molecule has 4 atom stereocenters. The van der Waals surface area contributed by atoms with E-state index in [2.05, 4.69) is 16.0 Å². The predicted molar refractivity (Wildman–Crippen MR) is 137 cm³/mol. The van der Waals surface area contributed by atoms with E-state index < -0.39 is 66.1 Å². The summed E-state index contributed by atoms with van der Waals surface area (Å²) in [4.78, 5) is 72.6. The molecule has 0 radical (unpaired) electrons. The number of carboxylic acids is 1. The first-order valence-electron chi connectivity index (χ1n) is 12.1. The van der Waals surface area contributed by atoms with Crippen molar-refractivity contribution in [2.75, 3.05) is 6.54 Å². The van der Waals surface area contributed by atoms with Gasteiger partial charge in [0.1, 0.15) is 18.1 Å². The minimum Gasteiger partial charge on any atom is -0.480 e. The first-order chi connectivity index (χ1) is 17.9. The number of carbonyl (C=O) groups excluding carboxylic acids is 5. The lowest BCUT2D eigenvalue weighted by Gasteiger charge is -2.25. The number of rotatable bonds is 18. The van der Waals surface area contributed by atoms with Gasteiger partial charge in [0.05, 0.1) is 12.5 Å². The van der Waals surface area contributed by atoms with Gasteiger partial charge in [0, 0.05) is 6.42 Å². The van der Waals surface area contributed by atoms with Crippen LogP contribution in [0.4, 0.5) is 0 Å². The number of nitrogens with two attached hydrogens (primary N) is 4. The topological polar surface area (TPSA) is 263 Å². The molecule has 0 bridgehead atoms. The zero-order valence-electron chi connectivity index (χ0n) is 21.1. The van der Waals surface area contributed by atoms with Gasteiger partial charge in [0.2, 0.25) is 29.5 Å². The predicted octanol–water partition coefficient (Wildman–Crippen LogP) is -2.63. The first kappa shape index (κ1) is 32.0. The SMILES string of the molecule is NCCCCC(NC(=O)C(CCC(N)=O)NC(=O)C(N)Cc1ccccc1)C(=O)NC(CC(N)=O)C(=O)O. The second kappa shape index (κ2) is 16.7. The van der Waals surface area contributed by atoms with Crippen LogP contribution >= 0.6 is 0 Å². The second-order valence-electron chi connectivity index (χ2n) is 8.78. The molecule has 14 nitrogen and oxygen atoms in total. The molecular weight excluding hydrogens is 498 g/mol. The summed E-state index contributed by atoms with van der Waals surface area (Å²) in [5.74, 6) is -5.47. The zero-order valence-corrected chi connectivity index (χ0v) is 21.1. The molecule has 0 heterocycles. The molecule has 38 heavy (non-hydrogen) atoms. The van der Waals surface area contributed by atoms with E-state index in [0.717, 1.165) is 5.56 Å². The molecule has 1 aromatic rings. The summed E-state index contributed by atoms with van der Waals surface area (Å²) >= 11 is 0. The summed E-state index contributed by atoms with van der Waals surface area (Å²) < 4.78 is 0. The molecule has 0 saturated heterocycles. The van der Waals surface area contributed by atoms with E-state index in [4.69, 9.17) is 22.9 Å². The second-order valence-corrected chi connectivity index (χ2v) is 8.78. The fourth-order valence-corrected chi connectivity index (χ4v) is 3.50. The highest BCUT2D eigenvalue weighted by atomic mass is 16.4. The minimum absolute atomic E-state index is 0.0850. The lowest BCUT2D eigenvalue weighted by atomic mass is 10.0. The highest BCUT2D eigenvalue weighted by Crippen LogP contribution is 2.07. The zero-order chi connectivity index (χ0) is 28.7. The molecule has 14 heteroatoms. The normalized spacial score (nSPS) is 13.8. The number of nitrogens with one attached hydrogen (secondary N) is 3. The maximum absolute atomic E-state index is 13.1. The van der Waals surface area contributed by atoms with Crippen LogP contribution < -0.4 is 38.9 Å². The highest BCUT2D eigenvalue weighted by Gasteiger charge is 2.31. The van der Waals surface area contributed by atoms with Gasteiger partial charge in [-0.1, -0.05) is 30.3 Å². The van der Waals surface area contributed by atoms with E-state index in [9.17, 15) is 33.9 Å². The molecule has 0 aliphatic heterocycles. The van der Waals surface area contributed by atoms with Crippen LogP contribution in [0, 0.1) is 0 Å². The maximum Gasteiger partial charge on any atom is 0.326 e. The molecule has 0 spiro atoms. The number of amides is 5. The number of carboxylic acid groups (broad SMARTS) is 1. The Morgan fingerprint density at radius 1 is 0.763 bits per heavy atom. The molecule has 1 rings (SSSR count). The Morgan fingerprint density at radius 3 is 1.84 bits per heavy atom. The Morgan fingerprint density at radius 2 is 1.32 bits per heavy atom. The van der Waals surface area contributed by atoms with Crippen LogP contribution in [0.25, 0.3) is 0 Å². The Balaban J connectivity index is 3.01. The summed E-state index contributed by atoms with van der Waals surface area (Å²) in [5, 5.41) is 16.5. The largest absolute Gasteiger partial charge is 0.480 e. The monoisotopic (exact) mass is 535 g/mol. The van der Waals surface area contributed by atoms with Crippen LogP contribution in [0.1, 0.15) is 44.1 Å². The number of hydrogen-bond acceptors (Lipinski definition) is 8. The summed E-state index contributed by atoms with van der Waals surface area (Å²) in [6, 6.07) is 3.87. The van der Waals surface area contributed by atoms with Gasteiger partial charge in [-0.3, -0.25) is 24.0 Å². The van der Waals surface area contributed by atoms with Gasteiger partial charge in [0.25, 0.3) is 0 Å². The van der Waals surface area contributed by atoms with Gasteiger partial charge >= 0.3 is 5.97 Å². The Kier molecular flexibility index (Phi) is 14.0. The number of primary amides is 2. The molecule has 4 unspecified atom stereocenters. The first-order valence-corrected chi connectivity index (χ1v) is 12.1. The molecular formula is C24H37N7O7. The van der Waals surface area contributed by atoms with Crippen molar-refractivity contribution < 1.29 is 33.9 Å². The van der Waals surface area contributed by atoms with Gasteiger partial charge in [-0.2, -0.15) is 0 Å². The quantitative estimate of drug-likeness (QED) is 0.0912. The third-order valence-electron chi connectivity index (χ3n) is 5.55. The van der Waals surface area contributed by atoms with Crippen molar-refractivity contribution in [1.82, 2.24) is 16.0 Å². The summed E-state index contributed by atoms with van der Waals surface area (Å²) in [5.41, 5.74) is 22.6. The van der Waals surface area contributed by atoms with Crippen molar-refractivity contribution in [2.24, 2.45) is 22.9 Å². The Bertz CT molecular complexity index is 974. The van der Waals surface area contributed by atoms with Crippen molar-refractivity contribution in [1.29, 1.82) is 0 Å². The van der Waals surface area contributed by atoms with Crippen molar-refractivity contribution >= 4 is 35.5 Å². The number of carbonyl (C=O) groups is 6. The van der Waals surface area contributed by atoms with E-state index >= 15 is 0 Å². The van der Waals surface area contributed by atoms with Gasteiger partial charge in [-0.05, 0) is 44.2 Å². The number of unbranched alkanes of at least 4 members (excludes halogenated alkanes) is 1. The summed E-state index contributed by atoms with van der Waals surface area (Å²) in [6.07, 6.45) is 0.139. The summed E-state index contributed by atoms with van der Waals surface area (Å²) in [7, 11) is 0. The molecule has 0 saturated carbocycles. The third kappa shape index (κ3) is 12.3. The number of benzene rings is 1. The number of hydrogen-bond donors (Lipinski definition) is 8. The fourth-order valence-electron chi connectivity index (χ4n) is 3.50. The maximum atomic E-state index is 13.1. The standard InChI is InChI=1S/C24H37N7O7/c25-11-5-4-8-16(22(35)31-18(24(37)38)13-20(28)33)30-23(36)17(9-10-19(27)32)29-21(34)15(26)12-14-6-2-1-3-7-14/h1-3,6-7,15-18H,4-5,8-13,25-26H2,(H2,27,32)(H2,28,33)(H,29,34)(H,30,36)(H,31,35)(H,37,38). The molecule has 12 N–H and O–H groups in total. The van der Waals surface area contributed by atoms with Gasteiger partial charge in [-0.25, -0.2) is 4.79 Å². The average molecular weight is 536 g/mol. The smallest absolute Gasteiger partial charge is 0.326 e. The van der Waals surface area contributed by atoms with E-state index in [1.807, 2.05) is 6.07 Å². The van der Waals surface area contributed by atoms with Crippen molar-refractivity contribution in [3.8, 4) is 0 Å². The Labute approximate surface area is 220 Å². The van der Waals surface area contributed by atoms with E-state index in [-0.39, 0.29) is 25.7 Å². The van der Waals surface area contributed by atoms with Crippen LogP contribution in [-0.4, -0.2) is 71.3 Å². The van der Waals surface area contributed by atoms with Crippen LogP contribution in [-0.2, 0) is 35.2 Å². The summed E-state index contributed by atoms with van der Waals surface area (Å²) in [6.45, 7) is 0.318. The molecule has 0 fully saturated rings. The van der Waals surface area contributed by atoms with E-state index in [0.29, 0.717) is 19.4 Å². The Hall–Kier alpha value is -4.04. The van der Waals surface area contributed by atoms with Gasteiger partial charge < -0.3 is 44.0 Å². The van der Waals surface area contributed by atoms with Crippen molar-refractivity contribution in [2.45, 2.75) is 69.1 Å². The average Bonchev–Trinajstić information content (AvgIpc) is 2.85. The number of aliphatic carboxylic acids is 1. The molecule has 0 aliphatic rings. The van der Waals surface area contributed by atoms with Crippen molar-refractivity contribution in [3.63, 3.8) is 0 Å². The lowest BCUT2D eigenvalue weighted by Crippen LogP contribution is -2.57. The fraction of sp³-hybridized carbons (Fsp3) is 0.500. The van der Waals surface area contributed by atoms with E-state index in [1.165, 1.54) is 0 Å². The van der Waals surface area contributed by atoms with Gasteiger partial charge in [-0.15, -0.1) is 0 Å². The van der Waals surface area contributed by atoms with Crippen LogP contribution in [0.5, 0.6) is 0 Å². The minimum atomic E-state index is -1.60. The van der Waals surface area contributed by atoms with Crippen molar-refractivity contribution in [3.05, 3.63) is 35.9 Å². The lowest BCUT2D eigenvalue weighted by molar-refractivity contribution is -0.143. The molecule has 210 valence electrons. The molecule has 1 aromatic carbocycles. The van der Waals surface area contributed by atoms with Crippen LogP contribution in [0.3, 0.4) is 0 Å². The van der Waals surface area contributed by atoms with Crippen LogP contribution in [0.2, 0.25) is 0 Å². The van der Waals surface area contributed by atoms with Crippen LogP contribution in [0.15, 0.2) is 30.3 Å². The van der Waals surface area contributed by atoms with Gasteiger partial charge in [0.15, 0.2) is 0 Å². The molecule has 5 amide bonds. The van der Waals surface area contributed by atoms with E-state index in [1.54, 1.807) is 24.3 Å². The molecule has 0 aromatic heterocycles. The molecule has 0 aliphatic carbocycles. The highest BCUT2D eigenvalue weighted by molar-refractivity contribution is 5.95.